The van der Waals surface area contributed by atoms with Gasteiger partial charge in [0.05, 0.1) is 0 Å². The molecule has 0 amide bonds. The highest BCUT2D eigenvalue weighted by molar-refractivity contribution is 5.21. The van der Waals surface area contributed by atoms with Gasteiger partial charge < -0.3 is 5.32 Å². The highest BCUT2D eigenvalue weighted by Gasteiger charge is 2.08. The molecular weight excluding hydrogens is 196 g/mol. The first-order valence-corrected chi connectivity index (χ1v) is 5.18. The van der Waals surface area contributed by atoms with E-state index in [0.717, 1.165) is 12.6 Å². The van der Waals surface area contributed by atoms with Crippen molar-refractivity contribution in [2.45, 2.75) is 32.7 Å². The van der Waals surface area contributed by atoms with E-state index in [1.807, 2.05) is 20.8 Å². The topological polar surface area (TPSA) is 12.0 Å². The third kappa shape index (κ3) is 3.96. The Balaban J connectivity index is 2.68. The molecule has 84 valence electrons. The van der Waals surface area contributed by atoms with Crippen LogP contribution >= 0.6 is 0 Å². The van der Waals surface area contributed by atoms with Crippen LogP contribution in [0.1, 0.15) is 32.3 Å². The molecule has 0 bridgehead atoms. The van der Waals surface area contributed by atoms with Gasteiger partial charge in [-0.15, -0.1) is 0 Å². The van der Waals surface area contributed by atoms with E-state index in [9.17, 15) is 8.78 Å². The molecular formula is C12H17F2N. The average molecular weight is 213 g/mol. The van der Waals surface area contributed by atoms with Crippen LogP contribution in [-0.2, 0) is 0 Å². The Hall–Kier alpha value is -0.960. The van der Waals surface area contributed by atoms with Gasteiger partial charge in [-0.05, 0) is 23.6 Å². The summed E-state index contributed by atoms with van der Waals surface area (Å²) in [4.78, 5) is 0. The molecule has 0 fully saturated rings. The molecule has 0 saturated heterocycles. The lowest BCUT2D eigenvalue weighted by Gasteiger charge is -2.15. The van der Waals surface area contributed by atoms with Crippen LogP contribution in [0.2, 0.25) is 0 Å². The van der Waals surface area contributed by atoms with Crippen LogP contribution in [0.3, 0.4) is 0 Å². The fourth-order valence-electron chi connectivity index (χ4n) is 1.39. The molecule has 0 spiro atoms. The van der Waals surface area contributed by atoms with Gasteiger partial charge >= 0.3 is 0 Å². The summed E-state index contributed by atoms with van der Waals surface area (Å²) in [6.45, 7) is 6.75. The highest BCUT2D eigenvalue weighted by Crippen LogP contribution is 2.17. The van der Waals surface area contributed by atoms with E-state index in [1.54, 1.807) is 0 Å². The minimum atomic E-state index is -0.513. The highest BCUT2D eigenvalue weighted by atomic mass is 19.1. The molecule has 0 heterocycles. The third-order valence-corrected chi connectivity index (χ3v) is 2.29. The fourth-order valence-corrected chi connectivity index (χ4v) is 1.39. The summed E-state index contributed by atoms with van der Waals surface area (Å²) < 4.78 is 25.9. The molecule has 1 N–H and O–H groups in total. The summed E-state index contributed by atoms with van der Waals surface area (Å²) in [7, 11) is 0. The Morgan fingerprint density at radius 2 is 1.60 bits per heavy atom. The molecule has 0 radical (unpaired) electrons. The first-order valence-electron chi connectivity index (χ1n) is 5.18. The Kier molecular flexibility index (Phi) is 4.21. The van der Waals surface area contributed by atoms with Gasteiger partial charge in [0.1, 0.15) is 11.6 Å². The molecule has 1 nitrogen and oxygen atoms in total. The zero-order valence-electron chi connectivity index (χ0n) is 9.35. The lowest BCUT2D eigenvalue weighted by molar-refractivity contribution is 0.537. The van der Waals surface area contributed by atoms with Crippen molar-refractivity contribution in [2.24, 2.45) is 0 Å². The van der Waals surface area contributed by atoms with Crippen molar-refractivity contribution in [1.29, 1.82) is 0 Å². The van der Waals surface area contributed by atoms with Crippen molar-refractivity contribution in [2.75, 3.05) is 6.54 Å². The van der Waals surface area contributed by atoms with Crippen molar-refractivity contribution in [3.8, 4) is 0 Å². The van der Waals surface area contributed by atoms with Crippen molar-refractivity contribution in [3.05, 3.63) is 35.4 Å². The van der Waals surface area contributed by atoms with Crippen molar-refractivity contribution >= 4 is 0 Å². The minimum Gasteiger partial charge on any atom is -0.314 e. The van der Waals surface area contributed by atoms with Gasteiger partial charge in [-0.3, -0.25) is 0 Å². The van der Waals surface area contributed by atoms with Crippen LogP contribution in [0.4, 0.5) is 8.78 Å². The van der Waals surface area contributed by atoms with E-state index in [0.29, 0.717) is 11.6 Å². The molecule has 0 aromatic heterocycles. The predicted octanol–water partition coefficient (Wildman–Crippen LogP) is 3.07. The smallest absolute Gasteiger partial charge is 0.126 e. The standard InChI is InChI=1S/C12H17F2N/c1-8(2)15-7-9(3)10-4-11(13)6-12(14)5-10/h4-6,8-9,15H,7H2,1-3H3. The summed E-state index contributed by atoms with van der Waals surface area (Å²) in [6.07, 6.45) is 0. The van der Waals surface area contributed by atoms with Gasteiger partial charge in [0.25, 0.3) is 0 Å². The SMILES string of the molecule is CC(C)NCC(C)c1cc(F)cc(F)c1. The van der Waals surface area contributed by atoms with E-state index >= 15 is 0 Å². The van der Waals surface area contributed by atoms with E-state index in [4.69, 9.17) is 0 Å². The van der Waals surface area contributed by atoms with Gasteiger partial charge in [-0.25, -0.2) is 8.78 Å². The van der Waals surface area contributed by atoms with Crippen LogP contribution in [0, 0.1) is 11.6 Å². The van der Waals surface area contributed by atoms with E-state index in [1.165, 1.54) is 12.1 Å². The van der Waals surface area contributed by atoms with E-state index in [-0.39, 0.29) is 5.92 Å². The average Bonchev–Trinajstić information content (AvgIpc) is 2.12. The number of hydrogen-bond donors (Lipinski definition) is 1. The van der Waals surface area contributed by atoms with Crippen LogP contribution in [0.5, 0.6) is 0 Å². The zero-order chi connectivity index (χ0) is 11.4. The molecule has 0 aliphatic carbocycles. The van der Waals surface area contributed by atoms with Gasteiger partial charge in [0.2, 0.25) is 0 Å². The summed E-state index contributed by atoms with van der Waals surface area (Å²) >= 11 is 0. The van der Waals surface area contributed by atoms with Crippen LogP contribution in [-0.4, -0.2) is 12.6 Å². The number of benzene rings is 1. The maximum atomic E-state index is 12.9. The number of halogens is 2. The second-order valence-electron chi connectivity index (χ2n) is 4.17. The molecule has 1 atom stereocenters. The number of nitrogens with one attached hydrogen (secondary N) is 1. The quantitative estimate of drug-likeness (QED) is 0.810. The summed E-state index contributed by atoms with van der Waals surface area (Å²) in [6, 6.07) is 4.04. The fraction of sp³-hybridized carbons (Fsp3) is 0.500. The molecule has 15 heavy (non-hydrogen) atoms. The second-order valence-corrected chi connectivity index (χ2v) is 4.17. The predicted molar refractivity (Wildman–Crippen MR) is 57.9 cm³/mol. The molecule has 1 aromatic rings. The number of hydrogen-bond acceptors (Lipinski definition) is 1. The van der Waals surface area contributed by atoms with Gasteiger partial charge in [0.15, 0.2) is 0 Å². The Labute approximate surface area is 89.5 Å². The molecule has 1 aromatic carbocycles. The van der Waals surface area contributed by atoms with Gasteiger partial charge in [-0.1, -0.05) is 20.8 Å². The molecule has 0 aliphatic rings. The summed E-state index contributed by atoms with van der Waals surface area (Å²) in [5.41, 5.74) is 0.695. The summed E-state index contributed by atoms with van der Waals surface area (Å²) in [5.74, 6) is -0.916. The second kappa shape index (κ2) is 5.21. The molecule has 3 heteroatoms. The Bertz CT molecular complexity index is 303. The van der Waals surface area contributed by atoms with E-state index < -0.39 is 11.6 Å². The third-order valence-electron chi connectivity index (χ3n) is 2.29. The molecule has 1 unspecified atom stereocenters. The maximum absolute atomic E-state index is 12.9. The minimum absolute atomic E-state index is 0.109. The lowest BCUT2D eigenvalue weighted by atomic mass is 10.0. The van der Waals surface area contributed by atoms with Crippen LogP contribution in [0.15, 0.2) is 18.2 Å². The Morgan fingerprint density at radius 1 is 1.07 bits per heavy atom. The van der Waals surface area contributed by atoms with Crippen molar-refractivity contribution in [1.82, 2.24) is 5.32 Å². The molecule has 0 saturated carbocycles. The summed E-state index contributed by atoms with van der Waals surface area (Å²) in [5, 5.41) is 3.24. The Morgan fingerprint density at radius 3 is 2.07 bits per heavy atom. The molecule has 0 aliphatic heterocycles. The monoisotopic (exact) mass is 213 g/mol. The van der Waals surface area contributed by atoms with Crippen molar-refractivity contribution < 1.29 is 8.78 Å². The lowest BCUT2D eigenvalue weighted by Crippen LogP contribution is -2.27. The van der Waals surface area contributed by atoms with Crippen LogP contribution < -0.4 is 5.32 Å². The van der Waals surface area contributed by atoms with E-state index in [2.05, 4.69) is 5.32 Å². The van der Waals surface area contributed by atoms with Crippen LogP contribution in [0.25, 0.3) is 0 Å². The van der Waals surface area contributed by atoms with Crippen molar-refractivity contribution in [3.63, 3.8) is 0 Å². The van der Waals surface area contributed by atoms with Gasteiger partial charge in [0, 0.05) is 18.7 Å². The zero-order valence-corrected chi connectivity index (χ0v) is 9.35. The number of rotatable bonds is 4. The normalized spacial score (nSPS) is 13.2. The maximum Gasteiger partial charge on any atom is 0.126 e. The first-order chi connectivity index (χ1) is 6.99. The largest absolute Gasteiger partial charge is 0.314 e. The van der Waals surface area contributed by atoms with Gasteiger partial charge in [-0.2, -0.15) is 0 Å². The first kappa shape index (κ1) is 12.1. The molecule has 1 rings (SSSR count).